The van der Waals surface area contributed by atoms with Gasteiger partial charge in [0.1, 0.15) is 12.0 Å². The van der Waals surface area contributed by atoms with Gasteiger partial charge in [0.25, 0.3) is 0 Å². The van der Waals surface area contributed by atoms with E-state index in [4.69, 9.17) is 11.6 Å². The Labute approximate surface area is 181 Å². The van der Waals surface area contributed by atoms with Crippen molar-refractivity contribution in [3.8, 4) is 17.2 Å². The number of carbonyl (C=O) groups is 3. The molecule has 2 aromatic rings. The highest BCUT2D eigenvalue weighted by Crippen LogP contribution is 2.46. The minimum absolute atomic E-state index is 0.341. The highest BCUT2D eigenvalue weighted by molar-refractivity contribution is 6.32. The first kappa shape index (κ1) is 21.9. The van der Waals surface area contributed by atoms with E-state index in [9.17, 15) is 19.6 Å². The van der Waals surface area contributed by atoms with Crippen LogP contribution in [-0.4, -0.2) is 17.3 Å². The molecule has 0 aromatic heterocycles. The van der Waals surface area contributed by atoms with Crippen LogP contribution in [0, 0.1) is 22.2 Å². The summed E-state index contributed by atoms with van der Waals surface area (Å²) in [4.78, 5) is 39.5. The molecule has 5 heteroatoms. The number of rotatable bonds is 3. The summed E-state index contributed by atoms with van der Waals surface area (Å²) in [6.45, 7) is 8.38. The fraction of sp³-hybridized carbons (Fsp3) is 0.360. The number of hydrogen-bond acceptors (Lipinski definition) is 4. The van der Waals surface area contributed by atoms with Gasteiger partial charge < -0.3 is 0 Å². The van der Waals surface area contributed by atoms with E-state index in [1.807, 2.05) is 25.1 Å². The SMILES string of the molecule is CCc1ccc(-c2ccc(Cl)c(C#N)c2)cc1C1C(=O)C(C)(C)C(=O)C(C)(C)C1=O. The van der Waals surface area contributed by atoms with Gasteiger partial charge in [-0.3, -0.25) is 14.4 Å². The molecule has 1 saturated carbocycles. The van der Waals surface area contributed by atoms with E-state index in [2.05, 4.69) is 6.07 Å². The van der Waals surface area contributed by atoms with Crippen LogP contribution in [0.2, 0.25) is 5.02 Å². The molecule has 1 aliphatic carbocycles. The Balaban J connectivity index is 2.21. The van der Waals surface area contributed by atoms with Crippen LogP contribution >= 0.6 is 11.6 Å². The van der Waals surface area contributed by atoms with E-state index in [-0.39, 0.29) is 17.3 Å². The molecule has 0 aliphatic heterocycles. The molecular weight excluding hydrogens is 398 g/mol. The number of Topliss-reactive ketones (excluding diaryl/α,β-unsaturated/α-hetero) is 3. The summed E-state index contributed by atoms with van der Waals surface area (Å²) >= 11 is 6.06. The van der Waals surface area contributed by atoms with Crippen molar-refractivity contribution in [2.45, 2.75) is 47.0 Å². The summed E-state index contributed by atoms with van der Waals surface area (Å²) in [7, 11) is 0. The summed E-state index contributed by atoms with van der Waals surface area (Å²) in [6.07, 6.45) is 0.644. The van der Waals surface area contributed by atoms with E-state index < -0.39 is 16.7 Å². The quantitative estimate of drug-likeness (QED) is 0.630. The number of aryl methyl sites for hydroxylation is 1. The van der Waals surface area contributed by atoms with Gasteiger partial charge in [-0.2, -0.15) is 5.26 Å². The monoisotopic (exact) mass is 421 g/mol. The average molecular weight is 422 g/mol. The molecule has 0 unspecified atom stereocenters. The number of halogens is 1. The van der Waals surface area contributed by atoms with Crippen molar-refractivity contribution in [3.05, 3.63) is 58.1 Å². The highest BCUT2D eigenvalue weighted by atomic mass is 35.5. The molecule has 0 bridgehead atoms. The molecule has 0 N–H and O–H groups in total. The van der Waals surface area contributed by atoms with Crippen LogP contribution in [0.25, 0.3) is 11.1 Å². The lowest BCUT2D eigenvalue weighted by Gasteiger charge is -2.41. The van der Waals surface area contributed by atoms with Crippen molar-refractivity contribution in [2.24, 2.45) is 10.8 Å². The van der Waals surface area contributed by atoms with Crippen molar-refractivity contribution in [3.63, 3.8) is 0 Å². The number of nitrogens with zero attached hydrogens (tertiary/aromatic N) is 1. The van der Waals surface area contributed by atoms with Crippen LogP contribution in [0.1, 0.15) is 57.2 Å². The van der Waals surface area contributed by atoms with Crippen LogP contribution in [0.4, 0.5) is 0 Å². The molecule has 1 aliphatic rings. The van der Waals surface area contributed by atoms with Crippen molar-refractivity contribution in [2.75, 3.05) is 0 Å². The molecule has 2 aromatic carbocycles. The Kier molecular flexibility index (Phi) is 5.47. The second-order valence-corrected chi connectivity index (χ2v) is 9.22. The van der Waals surface area contributed by atoms with Gasteiger partial charge in [-0.15, -0.1) is 0 Å². The summed E-state index contributed by atoms with van der Waals surface area (Å²) in [5, 5.41) is 9.65. The fourth-order valence-electron chi connectivity index (χ4n) is 4.28. The number of ketones is 3. The van der Waals surface area contributed by atoms with E-state index in [0.717, 1.165) is 16.7 Å². The minimum atomic E-state index is -1.24. The standard InChI is InChI=1S/C25H24ClNO3/c1-6-14-7-8-16(15-9-10-19(26)17(11-15)13-27)12-18(14)20-21(28)24(2,3)23(30)25(4,5)22(20)29/h7-12,20H,6H2,1-5H3. The molecule has 0 radical (unpaired) electrons. The van der Waals surface area contributed by atoms with Crippen LogP contribution < -0.4 is 0 Å². The Bertz CT molecular complexity index is 1090. The molecule has 154 valence electrons. The maximum atomic E-state index is 13.3. The maximum absolute atomic E-state index is 13.3. The second kappa shape index (κ2) is 7.49. The van der Waals surface area contributed by atoms with Crippen LogP contribution in [0.5, 0.6) is 0 Å². The largest absolute Gasteiger partial charge is 0.298 e. The normalized spacial score (nSPS) is 18.4. The first-order valence-electron chi connectivity index (χ1n) is 9.93. The van der Waals surface area contributed by atoms with Gasteiger partial charge in [0.15, 0.2) is 17.3 Å². The Morgan fingerprint density at radius 3 is 2.00 bits per heavy atom. The Morgan fingerprint density at radius 1 is 0.933 bits per heavy atom. The van der Waals surface area contributed by atoms with Gasteiger partial charge >= 0.3 is 0 Å². The zero-order valence-electron chi connectivity index (χ0n) is 17.8. The Morgan fingerprint density at radius 2 is 1.47 bits per heavy atom. The van der Waals surface area contributed by atoms with Crippen molar-refractivity contribution >= 4 is 29.0 Å². The fourth-order valence-corrected chi connectivity index (χ4v) is 4.44. The van der Waals surface area contributed by atoms with Gasteiger partial charge in [0.05, 0.1) is 21.4 Å². The molecule has 4 nitrogen and oxygen atoms in total. The van der Waals surface area contributed by atoms with Crippen LogP contribution in [0.15, 0.2) is 36.4 Å². The highest BCUT2D eigenvalue weighted by Gasteiger charge is 2.58. The van der Waals surface area contributed by atoms with E-state index >= 15 is 0 Å². The third kappa shape index (κ3) is 3.28. The van der Waals surface area contributed by atoms with Gasteiger partial charge in [-0.05, 0) is 74.6 Å². The lowest BCUT2D eigenvalue weighted by atomic mass is 9.57. The zero-order valence-corrected chi connectivity index (χ0v) is 18.6. The summed E-state index contributed by atoms with van der Waals surface area (Å²) < 4.78 is 0. The molecule has 1 fully saturated rings. The first-order chi connectivity index (χ1) is 14.0. The number of carbonyl (C=O) groups excluding carboxylic acids is 3. The van der Waals surface area contributed by atoms with E-state index in [0.29, 0.717) is 22.6 Å². The van der Waals surface area contributed by atoms with Gasteiger partial charge in [0, 0.05) is 0 Å². The van der Waals surface area contributed by atoms with Crippen molar-refractivity contribution < 1.29 is 14.4 Å². The molecule has 0 spiro atoms. The molecular formula is C25H24ClNO3. The molecule has 0 amide bonds. The van der Waals surface area contributed by atoms with Crippen LogP contribution in [-0.2, 0) is 20.8 Å². The third-order valence-corrected chi connectivity index (χ3v) is 6.48. The lowest BCUT2D eigenvalue weighted by molar-refractivity contribution is -0.157. The molecule has 0 atom stereocenters. The smallest absolute Gasteiger partial charge is 0.160 e. The second-order valence-electron chi connectivity index (χ2n) is 8.81. The topological polar surface area (TPSA) is 75.0 Å². The van der Waals surface area contributed by atoms with Crippen molar-refractivity contribution in [1.82, 2.24) is 0 Å². The average Bonchev–Trinajstić information content (AvgIpc) is 2.72. The van der Waals surface area contributed by atoms with E-state index in [1.165, 1.54) is 0 Å². The lowest BCUT2D eigenvalue weighted by Crippen LogP contribution is -2.56. The van der Waals surface area contributed by atoms with Gasteiger partial charge in [-0.25, -0.2) is 0 Å². The maximum Gasteiger partial charge on any atom is 0.160 e. The number of benzene rings is 2. The van der Waals surface area contributed by atoms with Gasteiger partial charge in [0.2, 0.25) is 0 Å². The van der Waals surface area contributed by atoms with Crippen molar-refractivity contribution in [1.29, 1.82) is 5.26 Å². The molecule has 3 rings (SSSR count). The number of nitriles is 1. The number of hydrogen-bond donors (Lipinski definition) is 0. The predicted molar refractivity (Wildman–Crippen MR) is 116 cm³/mol. The molecule has 30 heavy (non-hydrogen) atoms. The predicted octanol–water partition coefficient (Wildman–Crippen LogP) is 5.30. The van der Waals surface area contributed by atoms with E-state index in [1.54, 1.807) is 45.9 Å². The minimum Gasteiger partial charge on any atom is -0.298 e. The van der Waals surface area contributed by atoms with Gasteiger partial charge in [-0.1, -0.05) is 36.7 Å². The summed E-state index contributed by atoms with van der Waals surface area (Å²) in [6, 6.07) is 12.9. The molecule has 0 saturated heterocycles. The summed E-state index contributed by atoms with van der Waals surface area (Å²) in [5.74, 6) is -2.06. The van der Waals surface area contributed by atoms with Crippen LogP contribution in [0.3, 0.4) is 0 Å². The summed E-state index contributed by atoms with van der Waals surface area (Å²) in [5.41, 5.74) is 0.948. The molecule has 0 heterocycles. The first-order valence-corrected chi connectivity index (χ1v) is 10.3. The third-order valence-electron chi connectivity index (χ3n) is 6.15. The zero-order chi connectivity index (χ0) is 22.4. The Hall–Kier alpha value is -2.77.